The van der Waals surface area contributed by atoms with Gasteiger partial charge in [-0.2, -0.15) is 0 Å². The van der Waals surface area contributed by atoms with Gasteiger partial charge in [-0.15, -0.1) is 0 Å². The molecule has 0 aromatic heterocycles. The molecule has 1 fully saturated rings. The molecule has 2 bridgehead atoms. The normalized spacial score (nSPS) is 39.1. The average Bonchev–Trinajstić information content (AvgIpc) is 2.14. The molecule has 1 aliphatic heterocycles. The third-order valence-corrected chi connectivity index (χ3v) is 4.32. The van der Waals surface area contributed by atoms with Gasteiger partial charge in [0.1, 0.15) is 0 Å². The lowest BCUT2D eigenvalue weighted by molar-refractivity contribution is -0.177. The Morgan fingerprint density at radius 2 is 2.07 bits per heavy atom. The first-order chi connectivity index (χ1) is 6.92. The zero-order valence-corrected chi connectivity index (χ0v) is 10.7. The lowest BCUT2D eigenvalue weighted by Gasteiger charge is -2.50. The van der Waals surface area contributed by atoms with E-state index < -0.39 is 0 Å². The standard InChI is InChI=1S/C14H24O/c1-9(2)13-12-8-11(7-6-10(12)3)14(4,5)15-13/h6,9,11-13H,7-8H2,1-5H3/t11-,12-,13+/m1/s1. The molecular formula is C14H24O. The highest BCUT2D eigenvalue weighted by Crippen LogP contribution is 2.46. The van der Waals surface area contributed by atoms with Crippen LogP contribution in [0.15, 0.2) is 11.6 Å². The number of hydrogen-bond acceptors (Lipinski definition) is 1. The fourth-order valence-corrected chi connectivity index (χ4v) is 3.16. The van der Waals surface area contributed by atoms with Crippen LogP contribution in [0, 0.1) is 17.8 Å². The zero-order valence-electron chi connectivity index (χ0n) is 10.7. The summed E-state index contributed by atoms with van der Waals surface area (Å²) >= 11 is 0. The summed E-state index contributed by atoms with van der Waals surface area (Å²) in [6, 6.07) is 0. The molecule has 0 aromatic rings. The van der Waals surface area contributed by atoms with Gasteiger partial charge in [-0.25, -0.2) is 0 Å². The molecule has 1 aliphatic carbocycles. The van der Waals surface area contributed by atoms with Gasteiger partial charge in [-0.05, 0) is 45.4 Å². The molecule has 0 radical (unpaired) electrons. The Kier molecular flexibility index (Phi) is 2.70. The third kappa shape index (κ3) is 1.87. The minimum atomic E-state index is 0.0721. The van der Waals surface area contributed by atoms with Gasteiger partial charge in [0.25, 0.3) is 0 Å². The fraction of sp³-hybridized carbons (Fsp3) is 0.857. The van der Waals surface area contributed by atoms with Crippen LogP contribution in [0.5, 0.6) is 0 Å². The molecule has 2 aliphatic rings. The molecule has 0 N–H and O–H groups in total. The topological polar surface area (TPSA) is 9.23 Å². The van der Waals surface area contributed by atoms with E-state index in [-0.39, 0.29) is 5.60 Å². The van der Waals surface area contributed by atoms with Crippen molar-refractivity contribution >= 4 is 0 Å². The highest BCUT2D eigenvalue weighted by molar-refractivity contribution is 5.15. The highest BCUT2D eigenvalue weighted by Gasteiger charge is 2.45. The van der Waals surface area contributed by atoms with E-state index in [4.69, 9.17) is 4.74 Å². The summed E-state index contributed by atoms with van der Waals surface area (Å²) < 4.78 is 6.33. The molecule has 0 aromatic carbocycles. The molecule has 0 unspecified atom stereocenters. The van der Waals surface area contributed by atoms with Crippen molar-refractivity contribution in [3.8, 4) is 0 Å². The molecule has 1 heteroatoms. The van der Waals surface area contributed by atoms with E-state index >= 15 is 0 Å². The van der Waals surface area contributed by atoms with Crippen LogP contribution >= 0.6 is 0 Å². The lowest BCUT2D eigenvalue weighted by Crippen LogP contribution is -2.51. The van der Waals surface area contributed by atoms with Crippen LogP contribution < -0.4 is 0 Å². The summed E-state index contributed by atoms with van der Waals surface area (Å²) in [4.78, 5) is 0. The largest absolute Gasteiger partial charge is 0.371 e. The fourth-order valence-electron chi connectivity index (χ4n) is 3.16. The second-order valence-corrected chi connectivity index (χ2v) is 6.15. The van der Waals surface area contributed by atoms with Gasteiger partial charge < -0.3 is 4.74 Å². The second-order valence-electron chi connectivity index (χ2n) is 6.15. The van der Waals surface area contributed by atoms with Crippen LogP contribution in [0.2, 0.25) is 0 Å². The van der Waals surface area contributed by atoms with Crippen LogP contribution in [0.3, 0.4) is 0 Å². The van der Waals surface area contributed by atoms with E-state index in [0.717, 1.165) is 5.92 Å². The van der Waals surface area contributed by atoms with Crippen molar-refractivity contribution in [2.24, 2.45) is 17.8 Å². The maximum Gasteiger partial charge on any atom is 0.0670 e. The van der Waals surface area contributed by atoms with Crippen molar-refractivity contribution in [3.05, 3.63) is 11.6 Å². The molecule has 1 nitrogen and oxygen atoms in total. The third-order valence-electron chi connectivity index (χ3n) is 4.32. The Labute approximate surface area is 93.9 Å². The average molecular weight is 208 g/mol. The highest BCUT2D eigenvalue weighted by atomic mass is 16.5. The molecule has 1 heterocycles. The first-order valence-corrected chi connectivity index (χ1v) is 6.26. The quantitative estimate of drug-likeness (QED) is 0.596. The summed E-state index contributed by atoms with van der Waals surface area (Å²) in [5, 5.41) is 0. The van der Waals surface area contributed by atoms with Gasteiger partial charge in [0.2, 0.25) is 0 Å². The van der Waals surface area contributed by atoms with E-state index in [1.165, 1.54) is 12.8 Å². The minimum absolute atomic E-state index is 0.0721. The molecule has 2 rings (SSSR count). The van der Waals surface area contributed by atoms with Gasteiger partial charge in [-0.3, -0.25) is 0 Å². The van der Waals surface area contributed by atoms with Gasteiger partial charge in [0, 0.05) is 5.92 Å². The number of fused-ring (bicyclic) bond motifs is 2. The van der Waals surface area contributed by atoms with E-state index in [9.17, 15) is 0 Å². The predicted octanol–water partition coefficient (Wildman–Crippen LogP) is 3.79. The summed E-state index contributed by atoms with van der Waals surface area (Å²) in [7, 11) is 0. The van der Waals surface area contributed by atoms with Gasteiger partial charge >= 0.3 is 0 Å². The summed E-state index contributed by atoms with van der Waals surface area (Å²) in [5.41, 5.74) is 1.63. The number of hydrogen-bond donors (Lipinski definition) is 0. The molecule has 0 spiro atoms. The lowest BCUT2D eigenvalue weighted by atomic mass is 9.68. The number of allylic oxidation sites excluding steroid dienone is 1. The van der Waals surface area contributed by atoms with Crippen molar-refractivity contribution in [3.63, 3.8) is 0 Å². The van der Waals surface area contributed by atoms with E-state index in [1.54, 1.807) is 5.57 Å². The first-order valence-electron chi connectivity index (χ1n) is 6.26. The summed E-state index contributed by atoms with van der Waals surface area (Å²) in [5.74, 6) is 2.02. The molecule has 0 amide bonds. The Balaban J connectivity index is 2.28. The molecular weight excluding hydrogens is 184 g/mol. The Bertz CT molecular complexity index is 275. The van der Waals surface area contributed by atoms with Crippen molar-refractivity contribution in [2.45, 2.75) is 59.2 Å². The minimum Gasteiger partial charge on any atom is -0.371 e. The molecule has 86 valence electrons. The van der Waals surface area contributed by atoms with E-state index in [0.29, 0.717) is 17.9 Å². The van der Waals surface area contributed by atoms with Gasteiger partial charge in [-0.1, -0.05) is 25.5 Å². The van der Waals surface area contributed by atoms with E-state index in [1.807, 2.05) is 0 Å². The molecule has 3 atom stereocenters. The monoisotopic (exact) mass is 208 g/mol. The Morgan fingerprint density at radius 3 is 2.67 bits per heavy atom. The van der Waals surface area contributed by atoms with E-state index in [2.05, 4.69) is 40.7 Å². The Morgan fingerprint density at radius 1 is 1.40 bits per heavy atom. The molecule has 1 saturated heterocycles. The van der Waals surface area contributed by atoms with Crippen LogP contribution in [-0.4, -0.2) is 11.7 Å². The first kappa shape index (κ1) is 11.2. The van der Waals surface area contributed by atoms with Crippen molar-refractivity contribution in [1.29, 1.82) is 0 Å². The number of rotatable bonds is 1. The van der Waals surface area contributed by atoms with Crippen LogP contribution in [0.1, 0.15) is 47.5 Å². The van der Waals surface area contributed by atoms with Gasteiger partial charge in [0.15, 0.2) is 0 Å². The van der Waals surface area contributed by atoms with Crippen LogP contribution in [0.4, 0.5) is 0 Å². The molecule has 0 saturated carbocycles. The van der Waals surface area contributed by atoms with Crippen molar-refractivity contribution in [2.75, 3.05) is 0 Å². The second kappa shape index (κ2) is 3.62. The van der Waals surface area contributed by atoms with Gasteiger partial charge in [0.05, 0.1) is 11.7 Å². The zero-order chi connectivity index (χ0) is 11.2. The van der Waals surface area contributed by atoms with Crippen molar-refractivity contribution in [1.82, 2.24) is 0 Å². The van der Waals surface area contributed by atoms with Crippen molar-refractivity contribution < 1.29 is 4.74 Å². The number of ether oxygens (including phenoxy) is 1. The molecule has 15 heavy (non-hydrogen) atoms. The summed E-state index contributed by atoms with van der Waals surface area (Å²) in [6.45, 7) is 11.4. The smallest absolute Gasteiger partial charge is 0.0670 e. The maximum atomic E-state index is 6.33. The van der Waals surface area contributed by atoms with Crippen LogP contribution in [0.25, 0.3) is 0 Å². The van der Waals surface area contributed by atoms with Crippen LogP contribution in [-0.2, 0) is 4.74 Å². The summed E-state index contributed by atoms with van der Waals surface area (Å²) in [6.07, 6.45) is 5.41. The maximum absolute atomic E-state index is 6.33. The SMILES string of the molecule is CC1=CC[C@@H]2C[C@H]1[C@H](C(C)C)OC2(C)C. The predicted molar refractivity (Wildman–Crippen MR) is 63.8 cm³/mol. The Hall–Kier alpha value is -0.300.